The number of carbonyl (C=O) groups is 1. The first-order chi connectivity index (χ1) is 7.70. The molecule has 0 bridgehead atoms. The Balaban J connectivity index is 2.54. The van der Waals surface area contributed by atoms with E-state index < -0.39 is 6.61 Å². The minimum atomic E-state index is -2.86. The van der Waals surface area contributed by atoms with Crippen molar-refractivity contribution in [2.45, 2.75) is 6.61 Å². The lowest BCUT2D eigenvalue weighted by molar-refractivity contribution is -0.0497. The largest absolute Gasteiger partial charge is 0.435 e. The minimum absolute atomic E-state index is 0.0526. The maximum Gasteiger partial charge on any atom is 0.387 e. The van der Waals surface area contributed by atoms with Crippen molar-refractivity contribution in [3.63, 3.8) is 0 Å². The van der Waals surface area contributed by atoms with E-state index >= 15 is 0 Å². The van der Waals surface area contributed by atoms with Gasteiger partial charge in [0.25, 0.3) is 0 Å². The molecule has 82 valence electrons. The molecule has 0 spiro atoms. The number of alkyl halides is 2. The molecule has 0 radical (unpaired) electrons. The molecule has 0 unspecified atom stereocenters. The van der Waals surface area contributed by atoms with Crippen molar-refractivity contribution in [2.24, 2.45) is 0 Å². The van der Waals surface area contributed by atoms with E-state index in [1.807, 2.05) is 0 Å². The molecule has 0 aliphatic heterocycles. The summed E-state index contributed by atoms with van der Waals surface area (Å²) in [5, 5.41) is 1.42. The van der Waals surface area contributed by atoms with Crippen LogP contribution in [-0.4, -0.2) is 12.9 Å². The summed E-state index contributed by atoms with van der Waals surface area (Å²) in [5.74, 6) is 0.0526. The molecule has 0 aliphatic carbocycles. The number of hydrogen-bond acceptors (Lipinski definition) is 2. The van der Waals surface area contributed by atoms with E-state index in [-0.39, 0.29) is 5.75 Å². The zero-order chi connectivity index (χ0) is 11.5. The zero-order valence-corrected chi connectivity index (χ0v) is 8.19. The number of ether oxygens (including phenoxy) is 1. The lowest BCUT2D eigenvalue weighted by atomic mass is 10.1. The van der Waals surface area contributed by atoms with Gasteiger partial charge in [0.15, 0.2) is 6.29 Å². The van der Waals surface area contributed by atoms with E-state index in [4.69, 9.17) is 0 Å². The Morgan fingerprint density at radius 1 is 1.19 bits per heavy atom. The first-order valence-electron chi connectivity index (χ1n) is 4.63. The van der Waals surface area contributed by atoms with Crippen LogP contribution in [0.1, 0.15) is 10.4 Å². The van der Waals surface area contributed by atoms with Crippen molar-refractivity contribution < 1.29 is 18.3 Å². The number of fused-ring (bicyclic) bond motifs is 1. The highest BCUT2D eigenvalue weighted by Crippen LogP contribution is 2.24. The molecular formula is C12H8F2O2. The summed E-state index contributed by atoms with van der Waals surface area (Å²) in [4.78, 5) is 10.8. The predicted molar refractivity (Wildman–Crippen MR) is 56.0 cm³/mol. The number of halogens is 2. The predicted octanol–water partition coefficient (Wildman–Crippen LogP) is 3.25. The average Bonchev–Trinajstić information content (AvgIpc) is 2.27. The normalized spacial score (nSPS) is 10.7. The van der Waals surface area contributed by atoms with Crippen molar-refractivity contribution in [3.8, 4) is 5.75 Å². The smallest absolute Gasteiger partial charge is 0.387 e. The Bertz CT molecular complexity index is 523. The highest BCUT2D eigenvalue weighted by molar-refractivity contribution is 5.98. The molecule has 2 aromatic rings. The molecule has 0 aliphatic rings. The maximum atomic E-state index is 12.0. The van der Waals surface area contributed by atoms with Crippen LogP contribution in [0, 0.1) is 0 Å². The average molecular weight is 222 g/mol. The third kappa shape index (κ3) is 2.00. The molecule has 0 heterocycles. The van der Waals surface area contributed by atoms with Crippen LogP contribution in [0.5, 0.6) is 5.75 Å². The molecule has 16 heavy (non-hydrogen) atoms. The Labute approximate surface area is 90.4 Å². The van der Waals surface area contributed by atoms with Crippen LogP contribution in [0.3, 0.4) is 0 Å². The van der Waals surface area contributed by atoms with Gasteiger partial charge in [0, 0.05) is 5.56 Å². The first kappa shape index (κ1) is 10.5. The first-order valence-corrected chi connectivity index (χ1v) is 4.63. The standard InChI is InChI=1S/C12H8F2O2/c13-12(14)16-10-5-4-8-2-1-3-9(7-15)11(8)6-10/h1-7,12H. The fourth-order valence-electron chi connectivity index (χ4n) is 1.55. The molecule has 0 N–H and O–H groups in total. The van der Waals surface area contributed by atoms with Gasteiger partial charge < -0.3 is 4.74 Å². The Hall–Kier alpha value is -1.97. The number of rotatable bonds is 3. The van der Waals surface area contributed by atoms with Crippen molar-refractivity contribution in [2.75, 3.05) is 0 Å². The number of hydrogen-bond donors (Lipinski definition) is 0. The highest BCUT2D eigenvalue weighted by Gasteiger charge is 2.06. The van der Waals surface area contributed by atoms with Gasteiger partial charge in [-0.15, -0.1) is 0 Å². The summed E-state index contributed by atoms with van der Waals surface area (Å²) in [6.45, 7) is -2.86. The fourth-order valence-corrected chi connectivity index (χ4v) is 1.55. The molecule has 0 saturated heterocycles. The van der Waals surface area contributed by atoms with Gasteiger partial charge in [-0.05, 0) is 22.9 Å². The summed E-state index contributed by atoms with van der Waals surface area (Å²) in [6, 6.07) is 9.68. The summed E-state index contributed by atoms with van der Waals surface area (Å²) in [5.41, 5.74) is 0.456. The van der Waals surface area contributed by atoms with Gasteiger partial charge in [0.1, 0.15) is 5.75 Å². The zero-order valence-electron chi connectivity index (χ0n) is 8.19. The molecule has 0 fully saturated rings. The Morgan fingerprint density at radius 3 is 2.69 bits per heavy atom. The molecule has 2 nitrogen and oxygen atoms in total. The maximum absolute atomic E-state index is 12.0. The Kier molecular flexibility index (Phi) is 2.81. The molecule has 2 aromatic carbocycles. The number of carbonyl (C=O) groups excluding carboxylic acids is 1. The third-order valence-electron chi connectivity index (χ3n) is 2.24. The SMILES string of the molecule is O=Cc1cccc2ccc(OC(F)F)cc12. The number of aldehydes is 1. The lowest BCUT2D eigenvalue weighted by Gasteiger charge is -2.06. The van der Waals surface area contributed by atoms with Crippen molar-refractivity contribution in [1.82, 2.24) is 0 Å². The van der Waals surface area contributed by atoms with Crippen LogP contribution in [0.4, 0.5) is 8.78 Å². The van der Waals surface area contributed by atoms with Crippen molar-refractivity contribution >= 4 is 17.1 Å². The van der Waals surface area contributed by atoms with Gasteiger partial charge in [-0.2, -0.15) is 8.78 Å². The monoisotopic (exact) mass is 222 g/mol. The van der Waals surface area contributed by atoms with E-state index in [9.17, 15) is 13.6 Å². The Morgan fingerprint density at radius 2 is 2.00 bits per heavy atom. The van der Waals surface area contributed by atoms with Crippen LogP contribution < -0.4 is 4.74 Å². The summed E-state index contributed by atoms with van der Waals surface area (Å²) < 4.78 is 28.3. The van der Waals surface area contributed by atoms with Gasteiger partial charge in [-0.25, -0.2) is 0 Å². The lowest BCUT2D eigenvalue weighted by Crippen LogP contribution is -2.01. The summed E-state index contributed by atoms with van der Waals surface area (Å²) in [6.07, 6.45) is 0.689. The van der Waals surface area contributed by atoms with Crippen LogP contribution in [0.25, 0.3) is 10.8 Å². The molecular weight excluding hydrogens is 214 g/mol. The van der Waals surface area contributed by atoms with Gasteiger partial charge in [0.2, 0.25) is 0 Å². The molecule has 0 atom stereocenters. The molecule has 0 amide bonds. The quantitative estimate of drug-likeness (QED) is 0.745. The molecule has 0 aromatic heterocycles. The second kappa shape index (κ2) is 4.26. The van der Waals surface area contributed by atoms with Crippen molar-refractivity contribution in [3.05, 3.63) is 42.0 Å². The van der Waals surface area contributed by atoms with Gasteiger partial charge in [-0.1, -0.05) is 24.3 Å². The van der Waals surface area contributed by atoms with Crippen LogP contribution in [0.15, 0.2) is 36.4 Å². The second-order valence-electron chi connectivity index (χ2n) is 3.23. The van der Waals surface area contributed by atoms with Crippen molar-refractivity contribution in [1.29, 1.82) is 0 Å². The number of benzene rings is 2. The second-order valence-corrected chi connectivity index (χ2v) is 3.23. The van der Waals surface area contributed by atoms with Crippen LogP contribution in [-0.2, 0) is 0 Å². The van der Waals surface area contributed by atoms with Gasteiger partial charge in [0.05, 0.1) is 0 Å². The minimum Gasteiger partial charge on any atom is -0.435 e. The van der Waals surface area contributed by atoms with E-state index in [0.717, 1.165) is 5.39 Å². The van der Waals surface area contributed by atoms with E-state index in [1.54, 1.807) is 24.3 Å². The summed E-state index contributed by atoms with van der Waals surface area (Å²) >= 11 is 0. The third-order valence-corrected chi connectivity index (χ3v) is 2.24. The molecule has 4 heteroatoms. The molecule has 0 saturated carbocycles. The van der Waals surface area contributed by atoms with E-state index in [2.05, 4.69) is 4.74 Å². The van der Waals surface area contributed by atoms with Gasteiger partial charge in [-0.3, -0.25) is 4.79 Å². The fraction of sp³-hybridized carbons (Fsp3) is 0.0833. The van der Waals surface area contributed by atoms with Gasteiger partial charge >= 0.3 is 6.61 Å². The van der Waals surface area contributed by atoms with Crippen LogP contribution >= 0.6 is 0 Å². The van der Waals surface area contributed by atoms with Crippen LogP contribution in [0.2, 0.25) is 0 Å². The summed E-state index contributed by atoms with van der Waals surface area (Å²) in [7, 11) is 0. The van der Waals surface area contributed by atoms with E-state index in [1.165, 1.54) is 12.1 Å². The topological polar surface area (TPSA) is 26.3 Å². The highest BCUT2D eigenvalue weighted by atomic mass is 19.3. The molecule has 2 rings (SSSR count). The van der Waals surface area contributed by atoms with E-state index in [0.29, 0.717) is 17.2 Å².